The minimum atomic E-state index is -3.61. The van der Waals surface area contributed by atoms with E-state index in [-0.39, 0.29) is 16.8 Å². The molecule has 0 bridgehead atoms. The van der Waals surface area contributed by atoms with Crippen LogP contribution in [0.1, 0.15) is 6.42 Å². The number of aromatic nitrogens is 1. The van der Waals surface area contributed by atoms with Crippen LogP contribution in [0.4, 0.5) is 5.82 Å². The molecule has 2 heterocycles. The molecule has 0 amide bonds. The lowest BCUT2D eigenvalue weighted by atomic mass is 10.3. The minimum absolute atomic E-state index is 0.0112. The molecule has 0 spiro atoms. The van der Waals surface area contributed by atoms with Gasteiger partial charge in [0.05, 0.1) is 0 Å². The molecule has 0 aromatic carbocycles. The average molecular weight is 335 g/mol. The fourth-order valence-corrected chi connectivity index (χ4v) is 3.81. The molecule has 1 atom stereocenters. The molecule has 0 saturated carbocycles. The van der Waals surface area contributed by atoms with Crippen LogP contribution in [0.5, 0.6) is 0 Å². The molecule has 1 unspecified atom stereocenters. The number of hydrogen-bond donors (Lipinski definition) is 2. The van der Waals surface area contributed by atoms with Crippen molar-refractivity contribution in [3.05, 3.63) is 16.7 Å². The Balaban J connectivity index is 2.23. The molecule has 1 aliphatic heterocycles. The van der Waals surface area contributed by atoms with Gasteiger partial charge in [-0.25, -0.2) is 18.1 Å². The molecule has 1 aromatic rings. The predicted molar refractivity (Wildman–Crippen MR) is 72.6 cm³/mol. The number of nitrogens with two attached hydrogens (primary N) is 1. The standard InChI is InChI=1S/C10H15BrN4O2S/c1-15-3-2-8(6-15)14-18(16,17)9-4-7(11)5-13-10(9)12/h4-5,8,14H,2-3,6H2,1H3,(H2,12,13). The Hall–Kier alpha value is -0.700. The zero-order valence-electron chi connectivity index (χ0n) is 9.93. The Morgan fingerprint density at radius 1 is 1.61 bits per heavy atom. The van der Waals surface area contributed by atoms with E-state index in [2.05, 4.69) is 30.5 Å². The summed E-state index contributed by atoms with van der Waals surface area (Å²) in [7, 11) is -1.65. The van der Waals surface area contributed by atoms with Crippen LogP contribution in [0, 0.1) is 0 Å². The van der Waals surface area contributed by atoms with Crippen molar-refractivity contribution in [1.29, 1.82) is 0 Å². The number of rotatable bonds is 3. The number of nitrogen functional groups attached to an aromatic ring is 1. The first-order valence-corrected chi connectivity index (χ1v) is 7.78. The van der Waals surface area contributed by atoms with E-state index in [9.17, 15) is 8.42 Å². The first-order valence-electron chi connectivity index (χ1n) is 5.50. The van der Waals surface area contributed by atoms with Gasteiger partial charge in [0.2, 0.25) is 10.0 Å². The summed E-state index contributed by atoms with van der Waals surface area (Å²) in [6.07, 6.45) is 2.27. The molecule has 1 aliphatic rings. The Morgan fingerprint density at radius 2 is 2.33 bits per heavy atom. The maximum atomic E-state index is 12.2. The van der Waals surface area contributed by atoms with E-state index in [0.29, 0.717) is 11.0 Å². The van der Waals surface area contributed by atoms with E-state index in [1.807, 2.05) is 7.05 Å². The van der Waals surface area contributed by atoms with Gasteiger partial charge in [0.1, 0.15) is 10.7 Å². The van der Waals surface area contributed by atoms with Crippen molar-refractivity contribution in [1.82, 2.24) is 14.6 Å². The van der Waals surface area contributed by atoms with E-state index in [1.165, 1.54) is 12.3 Å². The lowest BCUT2D eigenvalue weighted by Gasteiger charge is -2.14. The molecular formula is C10H15BrN4O2S. The molecule has 0 aliphatic carbocycles. The smallest absolute Gasteiger partial charge is 0.244 e. The van der Waals surface area contributed by atoms with Gasteiger partial charge in [-0.3, -0.25) is 0 Å². The summed E-state index contributed by atoms with van der Waals surface area (Å²) >= 11 is 3.19. The highest BCUT2D eigenvalue weighted by atomic mass is 79.9. The highest BCUT2D eigenvalue weighted by Gasteiger charge is 2.27. The molecule has 100 valence electrons. The number of hydrogen-bond acceptors (Lipinski definition) is 5. The molecule has 0 radical (unpaired) electrons. The minimum Gasteiger partial charge on any atom is -0.383 e. The fraction of sp³-hybridized carbons (Fsp3) is 0.500. The van der Waals surface area contributed by atoms with Crippen molar-refractivity contribution in [3.8, 4) is 0 Å². The third-order valence-electron chi connectivity index (χ3n) is 2.85. The van der Waals surface area contributed by atoms with Crippen molar-refractivity contribution >= 4 is 31.8 Å². The number of halogens is 1. The molecular weight excluding hydrogens is 320 g/mol. The van der Waals surface area contributed by atoms with Crippen molar-refractivity contribution in [2.24, 2.45) is 0 Å². The molecule has 3 N–H and O–H groups in total. The summed E-state index contributed by atoms with van der Waals surface area (Å²) in [6, 6.07) is 1.39. The number of likely N-dealkylation sites (tertiary alicyclic amines) is 1. The van der Waals surface area contributed by atoms with E-state index >= 15 is 0 Å². The average Bonchev–Trinajstić information content (AvgIpc) is 2.66. The van der Waals surface area contributed by atoms with Gasteiger partial charge >= 0.3 is 0 Å². The molecule has 1 fully saturated rings. The van der Waals surface area contributed by atoms with Crippen molar-refractivity contribution < 1.29 is 8.42 Å². The number of sulfonamides is 1. The third kappa shape index (κ3) is 3.00. The van der Waals surface area contributed by atoms with Crippen LogP contribution in [-0.2, 0) is 10.0 Å². The lowest BCUT2D eigenvalue weighted by molar-refractivity contribution is 0.407. The Morgan fingerprint density at radius 3 is 2.94 bits per heavy atom. The molecule has 2 rings (SSSR count). The van der Waals surface area contributed by atoms with E-state index < -0.39 is 10.0 Å². The van der Waals surface area contributed by atoms with Gasteiger partial charge in [-0.15, -0.1) is 0 Å². The largest absolute Gasteiger partial charge is 0.383 e. The first kappa shape index (κ1) is 13.7. The number of likely N-dealkylation sites (N-methyl/N-ethyl adjacent to an activating group) is 1. The van der Waals surface area contributed by atoms with Gasteiger partial charge < -0.3 is 10.6 Å². The van der Waals surface area contributed by atoms with Crippen LogP contribution in [-0.4, -0.2) is 44.5 Å². The van der Waals surface area contributed by atoms with Gasteiger partial charge in [0, 0.05) is 23.3 Å². The lowest BCUT2D eigenvalue weighted by Crippen LogP contribution is -2.36. The number of nitrogens with zero attached hydrogens (tertiary/aromatic N) is 2. The van der Waals surface area contributed by atoms with E-state index in [4.69, 9.17) is 5.73 Å². The quantitative estimate of drug-likeness (QED) is 0.835. The number of nitrogens with one attached hydrogen (secondary N) is 1. The van der Waals surface area contributed by atoms with Crippen LogP contribution in [0.15, 0.2) is 21.6 Å². The van der Waals surface area contributed by atoms with Crippen molar-refractivity contribution in [3.63, 3.8) is 0 Å². The van der Waals surface area contributed by atoms with Crippen LogP contribution in [0.25, 0.3) is 0 Å². The van der Waals surface area contributed by atoms with E-state index in [0.717, 1.165) is 13.0 Å². The van der Waals surface area contributed by atoms with Gasteiger partial charge in [-0.2, -0.15) is 0 Å². The zero-order chi connectivity index (χ0) is 13.3. The van der Waals surface area contributed by atoms with Crippen molar-refractivity contribution in [2.75, 3.05) is 25.9 Å². The van der Waals surface area contributed by atoms with Crippen LogP contribution in [0.2, 0.25) is 0 Å². The molecule has 8 heteroatoms. The summed E-state index contributed by atoms with van der Waals surface area (Å²) in [5.41, 5.74) is 5.62. The van der Waals surface area contributed by atoms with Crippen LogP contribution in [0.3, 0.4) is 0 Å². The van der Waals surface area contributed by atoms with Gasteiger partial charge in [0.15, 0.2) is 0 Å². The Bertz CT molecular complexity index is 549. The van der Waals surface area contributed by atoms with Crippen LogP contribution < -0.4 is 10.5 Å². The van der Waals surface area contributed by atoms with E-state index in [1.54, 1.807) is 0 Å². The Kier molecular flexibility index (Phi) is 3.90. The number of anilines is 1. The highest BCUT2D eigenvalue weighted by Crippen LogP contribution is 2.21. The predicted octanol–water partition coefficient (Wildman–Crippen LogP) is 0.409. The SMILES string of the molecule is CN1CCC(NS(=O)(=O)c2cc(Br)cnc2N)C1. The monoisotopic (exact) mass is 334 g/mol. The van der Waals surface area contributed by atoms with Gasteiger partial charge in [-0.1, -0.05) is 0 Å². The third-order valence-corrected chi connectivity index (χ3v) is 4.83. The maximum Gasteiger partial charge on any atom is 0.244 e. The molecule has 6 nitrogen and oxygen atoms in total. The van der Waals surface area contributed by atoms with Gasteiger partial charge in [0.25, 0.3) is 0 Å². The topological polar surface area (TPSA) is 88.3 Å². The second-order valence-corrected chi connectivity index (χ2v) is 7.00. The summed E-state index contributed by atoms with van der Waals surface area (Å²) in [6.45, 7) is 1.60. The summed E-state index contributed by atoms with van der Waals surface area (Å²) in [5.74, 6) is 0.0112. The zero-order valence-corrected chi connectivity index (χ0v) is 12.3. The van der Waals surface area contributed by atoms with Crippen molar-refractivity contribution in [2.45, 2.75) is 17.4 Å². The van der Waals surface area contributed by atoms with Gasteiger partial charge in [-0.05, 0) is 42.0 Å². The second kappa shape index (κ2) is 5.12. The second-order valence-electron chi connectivity index (χ2n) is 4.41. The first-order chi connectivity index (χ1) is 8.38. The fourth-order valence-electron chi connectivity index (χ4n) is 1.96. The normalized spacial score (nSPS) is 21.3. The maximum absolute atomic E-state index is 12.2. The Labute approximate surface area is 115 Å². The molecule has 1 saturated heterocycles. The number of pyridine rings is 1. The summed E-state index contributed by atoms with van der Waals surface area (Å²) < 4.78 is 27.6. The highest BCUT2D eigenvalue weighted by molar-refractivity contribution is 9.10. The molecule has 18 heavy (non-hydrogen) atoms. The summed E-state index contributed by atoms with van der Waals surface area (Å²) in [4.78, 5) is 5.93. The van der Waals surface area contributed by atoms with Crippen LogP contribution >= 0.6 is 15.9 Å². The molecule has 1 aromatic heterocycles. The summed E-state index contributed by atoms with van der Waals surface area (Å²) in [5, 5.41) is 0.